The first-order chi connectivity index (χ1) is 13.6. The molecule has 2 atom stereocenters. The van der Waals surface area contributed by atoms with Gasteiger partial charge in [-0.2, -0.15) is 4.39 Å². The second kappa shape index (κ2) is 8.09. The number of benzene rings is 1. The standard InChI is InChI=1S/C22H24FN3O2/c23-20-12-17(6-9-24-20)21(27)25-14-15-7-10-26(11-8-15)22(28)19-13-18(19)16-4-2-1-3-5-16/h1-6,9,12,15,18-19H,7-8,10-11,13-14H2,(H,25,27)/t18-,19+/m0/s1. The van der Waals surface area contributed by atoms with Gasteiger partial charge in [0.15, 0.2) is 0 Å². The molecule has 1 saturated carbocycles. The second-order valence-electron chi connectivity index (χ2n) is 7.71. The molecule has 5 nitrogen and oxygen atoms in total. The third-order valence-electron chi connectivity index (χ3n) is 5.80. The lowest BCUT2D eigenvalue weighted by molar-refractivity contribution is -0.134. The first-order valence-electron chi connectivity index (χ1n) is 9.85. The van der Waals surface area contributed by atoms with E-state index in [9.17, 15) is 14.0 Å². The van der Waals surface area contributed by atoms with Crippen molar-refractivity contribution < 1.29 is 14.0 Å². The molecule has 2 aliphatic rings. The van der Waals surface area contributed by atoms with Crippen molar-refractivity contribution in [1.82, 2.24) is 15.2 Å². The number of hydrogen-bond donors (Lipinski definition) is 1. The number of rotatable bonds is 5. The van der Waals surface area contributed by atoms with Crippen molar-refractivity contribution in [2.45, 2.75) is 25.2 Å². The minimum atomic E-state index is -0.659. The van der Waals surface area contributed by atoms with Crippen LogP contribution in [0.15, 0.2) is 48.7 Å². The SMILES string of the molecule is O=C(NCC1CCN(C(=O)[C@@H]2C[C@H]2c2ccccc2)CC1)c1ccnc(F)c1. The van der Waals surface area contributed by atoms with Gasteiger partial charge in [0.25, 0.3) is 5.91 Å². The van der Waals surface area contributed by atoms with E-state index in [4.69, 9.17) is 0 Å². The number of amides is 2. The summed E-state index contributed by atoms with van der Waals surface area (Å²) in [6.45, 7) is 2.02. The van der Waals surface area contributed by atoms with Gasteiger partial charge in [-0.1, -0.05) is 30.3 Å². The third kappa shape index (κ3) is 4.21. The molecule has 2 fully saturated rings. The zero-order valence-electron chi connectivity index (χ0n) is 15.7. The highest BCUT2D eigenvalue weighted by Gasteiger charge is 2.46. The molecule has 1 N–H and O–H groups in total. The summed E-state index contributed by atoms with van der Waals surface area (Å²) in [7, 11) is 0. The summed E-state index contributed by atoms with van der Waals surface area (Å²) < 4.78 is 13.1. The van der Waals surface area contributed by atoms with Gasteiger partial charge in [-0.05, 0) is 42.7 Å². The Hall–Kier alpha value is -2.76. The molecule has 4 rings (SSSR count). The van der Waals surface area contributed by atoms with E-state index in [1.165, 1.54) is 17.8 Å². The van der Waals surface area contributed by atoms with Crippen LogP contribution in [0.4, 0.5) is 4.39 Å². The molecule has 6 heteroatoms. The molecule has 0 bridgehead atoms. The topological polar surface area (TPSA) is 62.3 Å². The molecule has 1 aromatic heterocycles. The summed E-state index contributed by atoms with van der Waals surface area (Å²) in [6, 6.07) is 12.9. The zero-order valence-corrected chi connectivity index (χ0v) is 15.7. The van der Waals surface area contributed by atoms with Crippen LogP contribution < -0.4 is 5.32 Å². The number of carbonyl (C=O) groups excluding carboxylic acids is 2. The smallest absolute Gasteiger partial charge is 0.251 e. The highest BCUT2D eigenvalue weighted by molar-refractivity contribution is 5.94. The fourth-order valence-corrected chi connectivity index (χ4v) is 4.01. The molecule has 0 unspecified atom stereocenters. The Labute approximate surface area is 164 Å². The number of nitrogens with one attached hydrogen (secondary N) is 1. The van der Waals surface area contributed by atoms with Crippen LogP contribution >= 0.6 is 0 Å². The average Bonchev–Trinajstić information content (AvgIpc) is 3.53. The normalized spacial score (nSPS) is 22.0. The molecule has 28 heavy (non-hydrogen) atoms. The number of halogens is 1. The van der Waals surface area contributed by atoms with Crippen molar-refractivity contribution >= 4 is 11.8 Å². The number of piperidine rings is 1. The number of pyridine rings is 1. The van der Waals surface area contributed by atoms with Crippen molar-refractivity contribution in [3.63, 3.8) is 0 Å². The first-order valence-corrected chi connectivity index (χ1v) is 9.85. The highest BCUT2D eigenvalue weighted by atomic mass is 19.1. The molecule has 146 valence electrons. The molecular formula is C22H24FN3O2. The van der Waals surface area contributed by atoms with E-state index < -0.39 is 5.95 Å². The Morgan fingerprint density at radius 1 is 1.14 bits per heavy atom. The van der Waals surface area contributed by atoms with Crippen LogP contribution in [0.3, 0.4) is 0 Å². The molecule has 0 spiro atoms. The number of aromatic nitrogens is 1. The van der Waals surface area contributed by atoms with Gasteiger partial charge in [-0.3, -0.25) is 9.59 Å². The minimum absolute atomic E-state index is 0.125. The Kier molecular flexibility index (Phi) is 5.37. The fourth-order valence-electron chi connectivity index (χ4n) is 4.01. The average molecular weight is 381 g/mol. The van der Waals surface area contributed by atoms with Crippen LogP contribution in [-0.4, -0.2) is 41.3 Å². The van der Waals surface area contributed by atoms with Gasteiger partial charge >= 0.3 is 0 Å². The number of hydrogen-bond acceptors (Lipinski definition) is 3. The van der Waals surface area contributed by atoms with Crippen LogP contribution in [0.1, 0.15) is 41.1 Å². The lowest BCUT2D eigenvalue weighted by Gasteiger charge is -2.32. The number of likely N-dealkylation sites (tertiary alicyclic amines) is 1. The highest BCUT2D eigenvalue weighted by Crippen LogP contribution is 2.48. The lowest BCUT2D eigenvalue weighted by Crippen LogP contribution is -2.42. The monoisotopic (exact) mass is 381 g/mol. The lowest BCUT2D eigenvalue weighted by atomic mass is 9.96. The summed E-state index contributed by atoms with van der Waals surface area (Å²) in [4.78, 5) is 30.3. The minimum Gasteiger partial charge on any atom is -0.352 e. The number of carbonyl (C=O) groups is 2. The molecule has 0 radical (unpaired) electrons. The van der Waals surface area contributed by atoms with E-state index in [0.29, 0.717) is 18.4 Å². The molecule has 1 aliphatic carbocycles. The van der Waals surface area contributed by atoms with Crippen LogP contribution in [-0.2, 0) is 4.79 Å². The predicted molar refractivity (Wildman–Crippen MR) is 103 cm³/mol. The van der Waals surface area contributed by atoms with Crippen LogP contribution in [0, 0.1) is 17.8 Å². The van der Waals surface area contributed by atoms with Gasteiger partial charge in [0.2, 0.25) is 11.9 Å². The Morgan fingerprint density at radius 2 is 1.89 bits per heavy atom. The van der Waals surface area contributed by atoms with Crippen molar-refractivity contribution in [3.8, 4) is 0 Å². The molecule has 1 saturated heterocycles. The van der Waals surface area contributed by atoms with Crippen LogP contribution in [0.2, 0.25) is 0 Å². The molecule has 1 aromatic carbocycles. The Morgan fingerprint density at radius 3 is 2.61 bits per heavy atom. The molecule has 1 aliphatic heterocycles. The summed E-state index contributed by atoms with van der Waals surface area (Å²) in [5.41, 5.74) is 1.53. The van der Waals surface area contributed by atoms with Gasteiger partial charge in [0.05, 0.1) is 0 Å². The molecule has 2 heterocycles. The van der Waals surface area contributed by atoms with E-state index in [1.54, 1.807) is 0 Å². The van der Waals surface area contributed by atoms with Gasteiger partial charge in [0.1, 0.15) is 0 Å². The third-order valence-corrected chi connectivity index (χ3v) is 5.80. The molecular weight excluding hydrogens is 357 g/mol. The Balaban J connectivity index is 1.22. The summed E-state index contributed by atoms with van der Waals surface area (Å²) >= 11 is 0. The largest absolute Gasteiger partial charge is 0.352 e. The summed E-state index contributed by atoms with van der Waals surface area (Å²) in [5.74, 6) is 0.149. The van der Waals surface area contributed by atoms with Gasteiger partial charge < -0.3 is 10.2 Å². The maximum atomic E-state index is 13.1. The summed E-state index contributed by atoms with van der Waals surface area (Å²) in [6.07, 6.45) is 3.98. The maximum Gasteiger partial charge on any atom is 0.251 e. The molecule has 2 aromatic rings. The van der Waals surface area contributed by atoms with Crippen molar-refractivity contribution in [1.29, 1.82) is 0 Å². The maximum absolute atomic E-state index is 13.1. The number of nitrogens with zero attached hydrogens (tertiary/aromatic N) is 2. The van der Waals surface area contributed by atoms with E-state index in [1.807, 2.05) is 23.1 Å². The van der Waals surface area contributed by atoms with Gasteiger partial charge in [-0.15, -0.1) is 0 Å². The van der Waals surface area contributed by atoms with Crippen molar-refractivity contribution in [2.75, 3.05) is 19.6 Å². The van der Waals surface area contributed by atoms with E-state index in [-0.39, 0.29) is 23.3 Å². The summed E-state index contributed by atoms with van der Waals surface area (Å²) in [5, 5.41) is 2.87. The van der Waals surface area contributed by atoms with Gasteiger partial charge in [-0.25, -0.2) is 4.98 Å². The van der Waals surface area contributed by atoms with E-state index >= 15 is 0 Å². The van der Waals surface area contributed by atoms with Gasteiger partial charge in [0, 0.05) is 43.4 Å². The van der Waals surface area contributed by atoms with Crippen LogP contribution in [0.5, 0.6) is 0 Å². The van der Waals surface area contributed by atoms with E-state index in [2.05, 4.69) is 22.4 Å². The van der Waals surface area contributed by atoms with Crippen LogP contribution in [0.25, 0.3) is 0 Å². The second-order valence-corrected chi connectivity index (χ2v) is 7.71. The fraction of sp³-hybridized carbons (Fsp3) is 0.409. The van der Waals surface area contributed by atoms with E-state index in [0.717, 1.165) is 38.4 Å². The Bertz CT molecular complexity index is 850. The predicted octanol–water partition coefficient (Wildman–Crippen LogP) is 2.99. The van der Waals surface area contributed by atoms with Crippen molar-refractivity contribution in [2.24, 2.45) is 11.8 Å². The quantitative estimate of drug-likeness (QED) is 0.810. The first kappa shape index (κ1) is 18.6. The molecule has 2 amide bonds. The zero-order chi connectivity index (χ0) is 19.5. The van der Waals surface area contributed by atoms with Crippen molar-refractivity contribution in [3.05, 3.63) is 65.7 Å².